The van der Waals surface area contributed by atoms with Gasteiger partial charge in [-0.2, -0.15) is 0 Å². The van der Waals surface area contributed by atoms with Gasteiger partial charge < -0.3 is 0 Å². The van der Waals surface area contributed by atoms with Gasteiger partial charge in [0.15, 0.2) is 25.5 Å². The van der Waals surface area contributed by atoms with Crippen LogP contribution in [-0.2, 0) is 0 Å². The Balaban J connectivity index is 5.62. The molecule has 0 aliphatic rings. The largest absolute Gasteiger partial charge is 0.223 e. The minimum absolute atomic E-state index is 0.495. The molecule has 0 aliphatic carbocycles. The molecule has 26 heavy (non-hydrogen) atoms. The summed E-state index contributed by atoms with van der Waals surface area (Å²) < 4.78 is -14.6. The van der Waals surface area contributed by atoms with E-state index < -0.39 is 48.5 Å². The van der Waals surface area contributed by atoms with E-state index in [9.17, 15) is 0 Å². The van der Waals surface area contributed by atoms with Crippen molar-refractivity contribution in [3.05, 3.63) is 0 Å². The van der Waals surface area contributed by atoms with Crippen molar-refractivity contribution >= 4 is 186 Å². The number of hydrogen-bond donors (Lipinski definition) is 0. The maximum absolute atomic E-state index is 6.22. The lowest BCUT2D eigenvalue weighted by atomic mass is 10.0. The first-order valence-electron chi connectivity index (χ1n) is 5.90. The third-order valence-corrected chi connectivity index (χ3v) is 10.0. The minimum Gasteiger partial charge on any atom is -0.0982 e. The molecule has 0 saturated heterocycles. The summed E-state index contributed by atoms with van der Waals surface area (Å²) in [5.74, 6) is 0. The van der Waals surface area contributed by atoms with Crippen molar-refractivity contribution < 1.29 is 0 Å². The predicted molar refractivity (Wildman–Crippen MR) is 127 cm³/mol. The molecule has 0 aromatic heterocycles. The molecule has 0 nitrogen and oxygen atoms in total. The van der Waals surface area contributed by atoms with Crippen LogP contribution >= 0.6 is 186 Å². The number of rotatable bonds is 7. The van der Waals surface area contributed by atoms with Crippen LogP contribution in [0.3, 0.4) is 0 Å². The minimum atomic E-state index is -2.19. The molecule has 158 valence electrons. The fraction of sp³-hybridized carbons (Fsp3) is 1.00. The van der Waals surface area contributed by atoms with Crippen LogP contribution in [0.15, 0.2) is 0 Å². The van der Waals surface area contributed by atoms with Gasteiger partial charge in [0.2, 0.25) is 3.79 Å². The smallest absolute Gasteiger partial charge is 0.0982 e. The summed E-state index contributed by atoms with van der Waals surface area (Å²) in [6.45, 7) is 0. The van der Waals surface area contributed by atoms with E-state index in [1.54, 1.807) is 0 Å². The summed E-state index contributed by atoms with van der Waals surface area (Å²) in [5.41, 5.74) is 0. The van der Waals surface area contributed by atoms with E-state index in [1.807, 2.05) is 0 Å². The van der Waals surface area contributed by atoms with E-state index in [-0.39, 0.29) is 0 Å². The summed E-state index contributed by atoms with van der Waals surface area (Å²) in [5, 5.41) is 0. The van der Waals surface area contributed by atoms with E-state index in [0.29, 0.717) is 0 Å². The van der Waals surface area contributed by atoms with Crippen LogP contribution in [0.5, 0.6) is 0 Å². The highest BCUT2D eigenvalue weighted by Gasteiger charge is 2.62. The lowest BCUT2D eigenvalue weighted by Gasteiger charge is -2.43. The zero-order chi connectivity index (χ0) is 21.6. The van der Waals surface area contributed by atoms with Crippen LogP contribution in [0.4, 0.5) is 0 Å². The maximum atomic E-state index is 6.22. The van der Waals surface area contributed by atoms with Crippen molar-refractivity contribution in [2.24, 2.45) is 0 Å². The van der Waals surface area contributed by atoms with Gasteiger partial charge in [0.25, 0.3) is 0 Å². The molecule has 0 aromatic rings. The van der Waals surface area contributed by atoms with Crippen LogP contribution in [-0.4, -0.2) is 29.3 Å². The van der Waals surface area contributed by atoms with Gasteiger partial charge in [-0.25, -0.2) is 0 Å². The van der Waals surface area contributed by atoms with E-state index in [2.05, 4.69) is 0 Å². The number of alkyl halides is 16. The van der Waals surface area contributed by atoms with Gasteiger partial charge in [-0.1, -0.05) is 186 Å². The standard InChI is InChI=1S/C10H6Cl16/c11-4(12,6(15,16)2-8(19,20)10(24,25)26)1-5(13,14)7(17,18)3-9(21,22)23/h1-3H2. The SMILES string of the molecule is ClC(Cl)(Cl)CC(Cl)(Cl)C(Cl)(Cl)CC(Cl)(Cl)C(Cl)(Cl)CC(Cl)(Cl)C(Cl)(Cl)Cl. The normalized spacial score (nSPS) is 16.2. The molecule has 0 saturated carbocycles. The monoisotopic (exact) mass is 686 g/mol. The van der Waals surface area contributed by atoms with Crippen molar-refractivity contribution in [3.8, 4) is 0 Å². The zero-order valence-corrected chi connectivity index (χ0v) is 23.8. The molecule has 16 heteroatoms. The quantitative estimate of drug-likeness (QED) is 0.233. The summed E-state index contributed by atoms with van der Waals surface area (Å²) >= 11 is 95.4. The molecular weight excluding hydrogens is 687 g/mol. The molecule has 0 unspecified atom stereocenters. The first kappa shape index (κ1) is 30.6. The Labute approximate surface area is 231 Å². The van der Waals surface area contributed by atoms with Crippen LogP contribution < -0.4 is 0 Å². The fourth-order valence-corrected chi connectivity index (χ4v) is 5.73. The Hall–Kier alpha value is 4.64. The molecule has 0 amide bonds. The third-order valence-electron chi connectivity index (χ3n) is 2.80. The molecular formula is C10H6Cl16. The van der Waals surface area contributed by atoms with Crippen molar-refractivity contribution in [1.29, 1.82) is 0 Å². The number of hydrogen-bond acceptors (Lipinski definition) is 0. The van der Waals surface area contributed by atoms with Crippen LogP contribution in [0, 0.1) is 0 Å². The highest BCUT2D eigenvalue weighted by molar-refractivity contribution is 6.76. The average molecular weight is 693 g/mol. The Morgan fingerprint density at radius 1 is 0.308 bits per heavy atom. The highest BCUT2D eigenvalue weighted by atomic mass is 35.6. The number of halogens is 16. The molecule has 0 radical (unpaired) electrons. The van der Waals surface area contributed by atoms with Crippen LogP contribution in [0.2, 0.25) is 0 Å². The summed E-state index contributed by atoms with van der Waals surface area (Å²) in [7, 11) is 0. The van der Waals surface area contributed by atoms with Gasteiger partial charge in [0.05, 0.1) is 0 Å². The molecule has 0 aromatic carbocycles. The second-order valence-corrected chi connectivity index (χ2v) is 17.4. The zero-order valence-electron chi connectivity index (χ0n) is 11.7. The van der Waals surface area contributed by atoms with Gasteiger partial charge in [-0.05, 0) is 0 Å². The maximum Gasteiger partial charge on any atom is 0.223 e. The average Bonchev–Trinajstić information content (AvgIpc) is 2.19. The van der Waals surface area contributed by atoms with E-state index in [4.69, 9.17) is 186 Å². The van der Waals surface area contributed by atoms with E-state index in [1.165, 1.54) is 0 Å². The van der Waals surface area contributed by atoms with E-state index >= 15 is 0 Å². The van der Waals surface area contributed by atoms with Gasteiger partial charge in [0.1, 0.15) is 0 Å². The Morgan fingerprint density at radius 2 is 0.538 bits per heavy atom. The Bertz CT molecular complexity index is 480. The summed E-state index contributed by atoms with van der Waals surface area (Å²) in [4.78, 5) is 0. The second-order valence-electron chi connectivity index (χ2n) is 5.17. The summed E-state index contributed by atoms with van der Waals surface area (Å²) in [6, 6.07) is 0. The molecule has 0 spiro atoms. The molecule has 0 heterocycles. The lowest BCUT2D eigenvalue weighted by Crippen LogP contribution is -2.50. The molecule has 0 aliphatic heterocycles. The van der Waals surface area contributed by atoms with Gasteiger partial charge >= 0.3 is 0 Å². The van der Waals surface area contributed by atoms with Crippen LogP contribution in [0.1, 0.15) is 19.3 Å². The molecule has 0 N–H and O–H groups in total. The second kappa shape index (κ2) is 9.87. The van der Waals surface area contributed by atoms with Crippen molar-refractivity contribution in [3.63, 3.8) is 0 Å². The predicted octanol–water partition coefficient (Wildman–Crippen LogP) is 10.8. The van der Waals surface area contributed by atoms with Gasteiger partial charge in [-0.15, -0.1) is 0 Å². The fourth-order valence-electron chi connectivity index (χ4n) is 1.43. The van der Waals surface area contributed by atoms with Crippen LogP contribution in [0.25, 0.3) is 0 Å². The molecule has 0 rings (SSSR count). The van der Waals surface area contributed by atoms with E-state index in [0.717, 1.165) is 0 Å². The lowest BCUT2D eigenvalue weighted by molar-refractivity contribution is 0.481. The summed E-state index contributed by atoms with van der Waals surface area (Å²) in [6.07, 6.45) is -1.75. The first-order chi connectivity index (χ1) is 10.9. The molecule has 0 atom stereocenters. The molecule has 0 bridgehead atoms. The molecule has 0 fully saturated rings. The Kier molecular flexibility index (Phi) is 11.6. The van der Waals surface area contributed by atoms with Crippen molar-refractivity contribution in [1.82, 2.24) is 0 Å². The highest BCUT2D eigenvalue weighted by Crippen LogP contribution is 2.61. The van der Waals surface area contributed by atoms with Crippen molar-refractivity contribution in [2.75, 3.05) is 0 Å². The van der Waals surface area contributed by atoms with Gasteiger partial charge in [0, 0.05) is 19.3 Å². The van der Waals surface area contributed by atoms with Crippen molar-refractivity contribution in [2.45, 2.75) is 48.5 Å². The first-order valence-corrected chi connectivity index (χ1v) is 11.9. The topological polar surface area (TPSA) is 0 Å². The Morgan fingerprint density at radius 3 is 0.769 bits per heavy atom. The van der Waals surface area contributed by atoms with Gasteiger partial charge in [-0.3, -0.25) is 0 Å². The third kappa shape index (κ3) is 8.88.